The molecule has 3 N–H and O–H groups in total. The summed E-state index contributed by atoms with van der Waals surface area (Å²) in [5, 5.41) is 9.80. The highest BCUT2D eigenvalue weighted by Crippen LogP contribution is 2.32. The zero-order chi connectivity index (χ0) is 11.4. The maximum atomic E-state index is 9.80. The molecular formula is C10H15BrN2O2. The van der Waals surface area contributed by atoms with Crippen LogP contribution in [0.3, 0.4) is 0 Å². The minimum absolute atomic E-state index is 0.431. The second kappa shape index (κ2) is 5.44. The van der Waals surface area contributed by atoms with Crippen molar-refractivity contribution in [3.63, 3.8) is 0 Å². The Morgan fingerprint density at radius 2 is 2.33 bits per heavy atom. The lowest BCUT2D eigenvalue weighted by Crippen LogP contribution is -2.10. The number of rotatable bonds is 4. The SMILES string of the molecule is COc1c(Br)cnc(C(O)CCN)c1C. The Bertz CT molecular complexity index is 344. The van der Waals surface area contributed by atoms with Crippen LogP contribution >= 0.6 is 15.9 Å². The number of pyridine rings is 1. The first-order valence-electron chi connectivity index (χ1n) is 4.69. The number of aliphatic hydroxyl groups is 1. The monoisotopic (exact) mass is 274 g/mol. The molecule has 0 saturated carbocycles. The van der Waals surface area contributed by atoms with Crippen LogP contribution in [-0.4, -0.2) is 23.7 Å². The van der Waals surface area contributed by atoms with Crippen molar-refractivity contribution >= 4 is 15.9 Å². The maximum absolute atomic E-state index is 9.80. The molecule has 0 aromatic carbocycles. The van der Waals surface area contributed by atoms with Crippen molar-refractivity contribution < 1.29 is 9.84 Å². The molecular weight excluding hydrogens is 260 g/mol. The van der Waals surface area contributed by atoms with E-state index in [9.17, 15) is 5.11 Å². The van der Waals surface area contributed by atoms with E-state index in [0.29, 0.717) is 24.4 Å². The number of methoxy groups -OCH3 is 1. The molecule has 4 nitrogen and oxygen atoms in total. The fraction of sp³-hybridized carbons (Fsp3) is 0.500. The molecule has 15 heavy (non-hydrogen) atoms. The van der Waals surface area contributed by atoms with Crippen LogP contribution in [0.25, 0.3) is 0 Å². The molecule has 5 heteroatoms. The van der Waals surface area contributed by atoms with E-state index in [1.165, 1.54) is 0 Å². The summed E-state index contributed by atoms with van der Waals surface area (Å²) in [6, 6.07) is 0. The number of nitrogens with two attached hydrogens (primary N) is 1. The number of aromatic nitrogens is 1. The van der Waals surface area contributed by atoms with Gasteiger partial charge in [-0.2, -0.15) is 0 Å². The molecule has 0 aliphatic heterocycles. The van der Waals surface area contributed by atoms with Gasteiger partial charge in [-0.1, -0.05) is 0 Å². The van der Waals surface area contributed by atoms with E-state index in [-0.39, 0.29) is 0 Å². The molecule has 0 aliphatic rings. The van der Waals surface area contributed by atoms with Crippen molar-refractivity contribution in [2.24, 2.45) is 5.73 Å². The lowest BCUT2D eigenvalue weighted by atomic mass is 10.1. The molecule has 1 aromatic rings. The Kier molecular flexibility index (Phi) is 4.50. The molecule has 1 rings (SSSR count). The first-order valence-corrected chi connectivity index (χ1v) is 5.48. The maximum Gasteiger partial charge on any atom is 0.139 e. The van der Waals surface area contributed by atoms with Gasteiger partial charge in [-0.05, 0) is 35.8 Å². The average Bonchev–Trinajstić information content (AvgIpc) is 2.18. The summed E-state index contributed by atoms with van der Waals surface area (Å²) in [4.78, 5) is 4.17. The highest BCUT2D eigenvalue weighted by atomic mass is 79.9. The molecule has 0 spiro atoms. The van der Waals surface area contributed by atoms with Crippen LogP contribution < -0.4 is 10.5 Å². The first kappa shape index (κ1) is 12.4. The zero-order valence-electron chi connectivity index (χ0n) is 8.83. The van der Waals surface area contributed by atoms with Crippen LogP contribution in [0.15, 0.2) is 10.7 Å². The number of ether oxygens (including phenoxy) is 1. The van der Waals surface area contributed by atoms with Gasteiger partial charge in [0.2, 0.25) is 0 Å². The topological polar surface area (TPSA) is 68.4 Å². The van der Waals surface area contributed by atoms with E-state index in [1.807, 2.05) is 6.92 Å². The van der Waals surface area contributed by atoms with Crippen molar-refractivity contribution in [2.45, 2.75) is 19.4 Å². The summed E-state index contributed by atoms with van der Waals surface area (Å²) < 4.78 is 6.00. The highest BCUT2D eigenvalue weighted by Gasteiger charge is 2.16. The normalized spacial score (nSPS) is 12.6. The summed E-state index contributed by atoms with van der Waals surface area (Å²) in [7, 11) is 1.59. The van der Waals surface area contributed by atoms with Crippen molar-refractivity contribution in [3.05, 3.63) is 21.9 Å². The summed E-state index contributed by atoms with van der Waals surface area (Å²) in [5.74, 6) is 0.705. The van der Waals surface area contributed by atoms with Crippen LogP contribution in [0.5, 0.6) is 5.75 Å². The number of hydrogen-bond donors (Lipinski definition) is 2. The quantitative estimate of drug-likeness (QED) is 0.874. The molecule has 0 bridgehead atoms. The van der Waals surface area contributed by atoms with E-state index >= 15 is 0 Å². The molecule has 1 atom stereocenters. The Morgan fingerprint density at radius 3 is 2.87 bits per heavy atom. The van der Waals surface area contributed by atoms with Gasteiger partial charge in [-0.25, -0.2) is 0 Å². The van der Waals surface area contributed by atoms with E-state index in [2.05, 4.69) is 20.9 Å². The molecule has 0 amide bonds. The van der Waals surface area contributed by atoms with Crippen molar-refractivity contribution in [1.29, 1.82) is 0 Å². The minimum atomic E-state index is -0.628. The number of halogens is 1. The predicted molar refractivity (Wildman–Crippen MR) is 61.9 cm³/mol. The van der Waals surface area contributed by atoms with Gasteiger partial charge < -0.3 is 15.6 Å². The zero-order valence-corrected chi connectivity index (χ0v) is 10.4. The second-order valence-corrected chi connectivity index (χ2v) is 4.10. The second-order valence-electron chi connectivity index (χ2n) is 3.24. The number of hydrogen-bond acceptors (Lipinski definition) is 4. The van der Waals surface area contributed by atoms with Gasteiger partial charge >= 0.3 is 0 Å². The molecule has 1 aromatic heterocycles. The Morgan fingerprint density at radius 1 is 1.67 bits per heavy atom. The molecule has 0 radical (unpaired) electrons. The van der Waals surface area contributed by atoms with Gasteiger partial charge in [0.25, 0.3) is 0 Å². The molecule has 0 fully saturated rings. The molecule has 0 aliphatic carbocycles. The fourth-order valence-electron chi connectivity index (χ4n) is 1.46. The number of aliphatic hydroxyl groups excluding tert-OH is 1. The smallest absolute Gasteiger partial charge is 0.139 e. The summed E-state index contributed by atoms with van der Waals surface area (Å²) in [5.41, 5.74) is 6.86. The van der Waals surface area contributed by atoms with E-state index in [4.69, 9.17) is 10.5 Å². The van der Waals surface area contributed by atoms with Crippen LogP contribution in [0, 0.1) is 6.92 Å². The molecule has 1 heterocycles. The van der Waals surface area contributed by atoms with Gasteiger partial charge in [0, 0.05) is 11.8 Å². The van der Waals surface area contributed by atoms with E-state index in [0.717, 1.165) is 10.0 Å². The third-order valence-electron chi connectivity index (χ3n) is 2.22. The van der Waals surface area contributed by atoms with Gasteiger partial charge in [-0.3, -0.25) is 4.98 Å². The van der Waals surface area contributed by atoms with E-state index < -0.39 is 6.10 Å². The molecule has 84 valence electrons. The average molecular weight is 275 g/mol. The minimum Gasteiger partial charge on any atom is -0.495 e. The summed E-state index contributed by atoms with van der Waals surface area (Å²) in [6.45, 7) is 2.30. The van der Waals surface area contributed by atoms with Crippen LogP contribution in [-0.2, 0) is 0 Å². The van der Waals surface area contributed by atoms with Gasteiger partial charge in [0.05, 0.1) is 23.4 Å². The summed E-state index contributed by atoms with van der Waals surface area (Å²) in [6.07, 6.45) is 1.50. The van der Waals surface area contributed by atoms with Crippen LogP contribution in [0.2, 0.25) is 0 Å². The van der Waals surface area contributed by atoms with Crippen LogP contribution in [0.1, 0.15) is 23.8 Å². The lowest BCUT2D eigenvalue weighted by molar-refractivity contribution is 0.164. The van der Waals surface area contributed by atoms with Crippen molar-refractivity contribution in [3.8, 4) is 5.75 Å². The Hall–Kier alpha value is -0.650. The lowest BCUT2D eigenvalue weighted by Gasteiger charge is -2.15. The van der Waals surface area contributed by atoms with Gasteiger partial charge in [-0.15, -0.1) is 0 Å². The van der Waals surface area contributed by atoms with Gasteiger partial charge in [0.15, 0.2) is 0 Å². The van der Waals surface area contributed by atoms with Crippen LogP contribution in [0.4, 0.5) is 0 Å². The first-order chi connectivity index (χ1) is 7.11. The fourth-order valence-corrected chi connectivity index (χ4v) is 2.02. The largest absolute Gasteiger partial charge is 0.495 e. The third-order valence-corrected chi connectivity index (χ3v) is 2.78. The predicted octanol–water partition coefficient (Wildman–Crippen LogP) is 1.54. The van der Waals surface area contributed by atoms with Crippen molar-refractivity contribution in [2.75, 3.05) is 13.7 Å². The Labute approximate surface area is 97.6 Å². The Balaban J connectivity index is 3.09. The third kappa shape index (κ3) is 2.68. The standard InChI is InChI=1S/C10H15BrN2O2/c1-6-9(8(14)3-4-12)13-5-7(11)10(6)15-2/h5,8,14H,3-4,12H2,1-2H3. The van der Waals surface area contributed by atoms with E-state index in [1.54, 1.807) is 13.3 Å². The van der Waals surface area contributed by atoms with Crippen molar-refractivity contribution in [1.82, 2.24) is 4.98 Å². The summed E-state index contributed by atoms with van der Waals surface area (Å²) >= 11 is 3.34. The molecule has 1 unspecified atom stereocenters. The number of nitrogens with zero attached hydrogens (tertiary/aromatic N) is 1. The molecule has 0 saturated heterocycles. The highest BCUT2D eigenvalue weighted by molar-refractivity contribution is 9.10. The van der Waals surface area contributed by atoms with Gasteiger partial charge in [0.1, 0.15) is 5.75 Å².